The Morgan fingerprint density at radius 2 is 1.92 bits per heavy atom. The quantitative estimate of drug-likeness (QED) is 0.784. The zero-order valence-corrected chi connectivity index (χ0v) is 14.8. The van der Waals surface area contributed by atoms with Crippen LogP contribution in [0.3, 0.4) is 0 Å². The number of amides is 1. The largest absolute Gasteiger partial charge is 0.489 e. The van der Waals surface area contributed by atoms with Gasteiger partial charge >= 0.3 is 0 Å². The van der Waals surface area contributed by atoms with E-state index < -0.39 is 0 Å². The van der Waals surface area contributed by atoms with Crippen molar-refractivity contribution in [1.29, 1.82) is 0 Å². The average molecular weight is 356 g/mol. The maximum Gasteiger partial charge on any atom is 0.224 e. The lowest BCUT2D eigenvalue weighted by molar-refractivity contribution is -0.116. The molecule has 1 saturated heterocycles. The first-order valence-corrected chi connectivity index (χ1v) is 9.17. The molecule has 2 N–H and O–H groups in total. The molecule has 138 valence electrons. The number of rotatable bonds is 7. The third-order valence-corrected chi connectivity index (χ3v) is 4.67. The fourth-order valence-corrected chi connectivity index (χ4v) is 3.14. The van der Waals surface area contributed by atoms with Crippen molar-refractivity contribution < 1.29 is 13.9 Å². The van der Waals surface area contributed by atoms with E-state index in [1.807, 2.05) is 24.3 Å². The highest BCUT2D eigenvalue weighted by Gasteiger charge is 2.14. The number of hydrogen-bond acceptors (Lipinski definition) is 3. The number of anilines is 1. The Kier molecular flexibility index (Phi) is 6.61. The molecule has 2 aromatic rings. The Balaban J connectivity index is 1.46. The van der Waals surface area contributed by atoms with Crippen LogP contribution in [0.2, 0.25) is 0 Å². The fourth-order valence-electron chi connectivity index (χ4n) is 3.14. The predicted molar refractivity (Wildman–Crippen MR) is 101 cm³/mol. The lowest BCUT2D eigenvalue weighted by atomic mass is 9.93. The molecule has 3 rings (SSSR count). The van der Waals surface area contributed by atoms with Gasteiger partial charge in [0.2, 0.25) is 5.91 Å². The zero-order valence-electron chi connectivity index (χ0n) is 14.8. The number of benzene rings is 2. The van der Waals surface area contributed by atoms with E-state index in [2.05, 4.69) is 10.6 Å². The summed E-state index contributed by atoms with van der Waals surface area (Å²) in [5.41, 5.74) is 1.62. The number of ether oxygens (including phenoxy) is 1. The summed E-state index contributed by atoms with van der Waals surface area (Å²) in [6, 6.07) is 13.6. The molecule has 0 aliphatic carbocycles. The van der Waals surface area contributed by atoms with Crippen LogP contribution in [0.4, 0.5) is 10.1 Å². The Labute approximate surface area is 153 Å². The summed E-state index contributed by atoms with van der Waals surface area (Å²) in [7, 11) is 0. The van der Waals surface area contributed by atoms with Crippen LogP contribution >= 0.6 is 0 Å². The smallest absolute Gasteiger partial charge is 0.224 e. The second-order valence-corrected chi connectivity index (χ2v) is 6.72. The molecule has 1 fully saturated rings. The first-order chi connectivity index (χ1) is 12.7. The Hall–Kier alpha value is -2.40. The van der Waals surface area contributed by atoms with E-state index in [1.165, 1.54) is 12.1 Å². The van der Waals surface area contributed by atoms with Crippen LogP contribution in [0.5, 0.6) is 5.75 Å². The number of piperidine rings is 1. The van der Waals surface area contributed by atoms with E-state index in [4.69, 9.17) is 4.74 Å². The van der Waals surface area contributed by atoms with Crippen LogP contribution < -0.4 is 15.4 Å². The van der Waals surface area contributed by atoms with Gasteiger partial charge in [0.1, 0.15) is 18.2 Å². The van der Waals surface area contributed by atoms with Crippen molar-refractivity contribution in [3.63, 3.8) is 0 Å². The first-order valence-electron chi connectivity index (χ1n) is 9.17. The summed E-state index contributed by atoms with van der Waals surface area (Å²) in [6.07, 6.45) is 3.79. The zero-order chi connectivity index (χ0) is 18.2. The molecule has 1 amide bonds. The molecule has 0 unspecified atom stereocenters. The maximum absolute atomic E-state index is 12.9. The average Bonchev–Trinajstić information content (AvgIpc) is 2.67. The summed E-state index contributed by atoms with van der Waals surface area (Å²) in [5, 5.41) is 6.29. The molecule has 0 radical (unpaired) electrons. The number of carbonyl (C=O) groups is 1. The minimum absolute atomic E-state index is 0.0409. The third kappa shape index (κ3) is 5.85. The SMILES string of the molecule is O=C(CCC1CCNCC1)Nc1cccc(OCc2ccc(F)cc2)c1. The molecule has 26 heavy (non-hydrogen) atoms. The number of halogens is 1. The normalized spacial score (nSPS) is 14.8. The standard InChI is InChI=1S/C21H25FN2O2/c22-18-7-4-17(5-8-18)15-26-20-3-1-2-19(14-20)24-21(25)9-6-16-10-12-23-13-11-16/h1-5,7-8,14,16,23H,6,9-13,15H2,(H,24,25). The van der Waals surface area contributed by atoms with Gasteiger partial charge in [-0.2, -0.15) is 0 Å². The molecule has 5 heteroatoms. The molecule has 4 nitrogen and oxygen atoms in total. The van der Waals surface area contributed by atoms with Crippen molar-refractivity contribution in [2.45, 2.75) is 32.3 Å². The number of hydrogen-bond donors (Lipinski definition) is 2. The van der Waals surface area contributed by atoms with Crippen LogP contribution in [0.1, 0.15) is 31.2 Å². The van der Waals surface area contributed by atoms with Gasteiger partial charge in [-0.05, 0) is 68.1 Å². The van der Waals surface area contributed by atoms with Gasteiger partial charge in [-0.3, -0.25) is 4.79 Å². The van der Waals surface area contributed by atoms with E-state index in [9.17, 15) is 9.18 Å². The Bertz CT molecular complexity index is 712. The lowest BCUT2D eigenvalue weighted by Gasteiger charge is -2.22. The molecule has 1 aliphatic heterocycles. The van der Waals surface area contributed by atoms with E-state index in [0.717, 1.165) is 43.6 Å². The molecular formula is C21H25FN2O2. The van der Waals surface area contributed by atoms with Crippen molar-refractivity contribution in [2.24, 2.45) is 5.92 Å². The highest BCUT2D eigenvalue weighted by molar-refractivity contribution is 5.90. The van der Waals surface area contributed by atoms with E-state index in [-0.39, 0.29) is 11.7 Å². The van der Waals surface area contributed by atoms with Crippen molar-refractivity contribution in [3.05, 3.63) is 59.9 Å². The van der Waals surface area contributed by atoms with Gasteiger partial charge < -0.3 is 15.4 Å². The Morgan fingerprint density at radius 3 is 2.69 bits per heavy atom. The lowest BCUT2D eigenvalue weighted by Crippen LogP contribution is -2.28. The summed E-state index contributed by atoms with van der Waals surface area (Å²) >= 11 is 0. The monoisotopic (exact) mass is 356 g/mol. The molecule has 1 aliphatic rings. The van der Waals surface area contributed by atoms with Gasteiger partial charge in [-0.15, -0.1) is 0 Å². The maximum atomic E-state index is 12.9. The van der Waals surface area contributed by atoms with Gasteiger partial charge in [0.15, 0.2) is 0 Å². The van der Waals surface area contributed by atoms with E-state index in [0.29, 0.717) is 24.7 Å². The second kappa shape index (κ2) is 9.34. The molecule has 2 aromatic carbocycles. The van der Waals surface area contributed by atoms with Crippen LogP contribution in [0.15, 0.2) is 48.5 Å². The van der Waals surface area contributed by atoms with Crippen molar-refractivity contribution in [3.8, 4) is 5.75 Å². The molecular weight excluding hydrogens is 331 g/mol. The minimum Gasteiger partial charge on any atom is -0.489 e. The van der Waals surface area contributed by atoms with Gasteiger partial charge in [0.05, 0.1) is 0 Å². The van der Waals surface area contributed by atoms with Crippen molar-refractivity contribution >= 4 is 11.6 Å². The minimum atomic E-state index is -0.261. The van der Waals surface area contributed by atoms with Crippen LogP contribution in [0.25, 0.3) is 0 Å². The van der Waals surface area contributed by atoms with E-state index in [1.54, 1.807) is 12.1 Å². The van der Waals surface area contributed by atoms with Gasteiger partial charge in [0.25, 0.3) is 0 Å². The molecule has 0 aromatic heterocycles. The highest BCUT2D eigenvalue weighted by atomic mass is 19.1. The van der Waals surface area contributed by atoms with Gasteiger partial charge in [-0.25, -0.2) is 4.39 Å². The summed E-state index contributed by atoms with van der Waals surface area (Å²) in [4.78, 5) is 12.2. The fraction of sp³-hybridized carbons (Fsp3) is 0.381. The summed E-state index contributed by atoms with van der Waals surface area (Å²) in [5.74, 6) is 1.10. The van der Waals surface area contributed by atoms with Crippen molar-refractivity contribution in [2.75, 3.05) is 18.4 Å². The van der Waals surface area contributed by atoms with Crippen LogP contribution in [0, 0.1) is 11.7 Å². The molecule has 0 saturated carbocycles. The molecule has 0 spiro atoms. The third-order valence-electron chi connectivity index (χ3n) is 4.67. The predicted octanol–water partition coefficient (Wildman–Crippen LogP) is 4.12. The van der Waals surface area contributed by atoms with Crippen LogP contribution in [-0.4, -0.2) is 19.0 Å². The summed E-state index contributed by atoms with van der Waals surface area (Å²) in [6.45, 7) is 2.47. The summed E-state index contributed by atoms with van der Waals surface area (Å²) < 4.78 is 18.7. The van der Waals surface area contributed by atoms with Crippen LogP contribution in [-0.2, 0) is 11.4 Å². The molecule has 0 bridgehead atoms. The second-order valence-electron chi connectivity index (χ2n) is 6.72. The number of carbonyl (C=O) groups excluding carboxylic acids is 1. The number of nitrogens with one attached hydrogen (secondary N) is 2. The Morgan fingerprint density at radius 1 is 1.15 bits per heavy atom. The topological polar surface area (TPSA) is 50.4 Å². The highest BCUT2D eigenvalue weighted by Crippen LogP contribution is 2.21. The first kappa shape index (κ1) is 18.4. The van der Waals surface area contributed by atoms with Gasteiger partial charge in [0, 0.05) is 18.2 Å². The van der Waals surface area contributed by atoms with E-state index >= 15 is 0 Å². The molecule has 0 atom stereocenters. The molecule has 1 heterocycles. The van der Waals surface area contributed by atoms with Crippen molar-refractivity contribution in [1.82, 2.24) is 5.32 Å². The van der Waals surface area contributed by atoms with Gasteiger partial charge in [-0.1, -0.05) is 18.2 Å².